The van der Waals surface area contributed by atoms with Gasteiger partial charge in [-0.15, -0.1) is 0 Å². The predicted octanol–water partition coefficient (Wildman–Crippen LogP) is 4.30. The van der Waals surface area contributed by atoms with E-state index in [0.29, 0.717) is 36.9 Å². The van der Waals surface area contributed by atoms with E-state index in [-0.39, 0.29) is 16.4 Å². The number of hydrogen-bond donors (Lipinski definition) is 1. The topological polar surface area (TPSA) is 59.4 Å². The van der Waals surface area contributed by atoms with E-state index in [9.17, 15) is 14.4 Å². The summed E-state index contributed by atoms with van der Waals surface area (Å²) >= 11 is 12.0. The molecule has 2 aromatic rings. The molecule has 144 valence electrons. The van der Waals surface area contributed by atoms with Gasteiger partial charge < -0.3 is 15.1 Å². The number of nitriles is 1. The average Bonchev–Trinajstić information content (AvgIpc) is 2.70. The smallest absolute Gasteiger partial charge is 0.267 e. The molecular formula is C20H17Cl2FN4O. The zero-order valence-electron chi connectivity index (χ0n) is 14.8. The first-order valence-corrected chi connectivity index (χ1v) is 9.35. The molecule has 0 atom stereocenters. The van der Waals surface area contributed by atoms with Crippen LogP contribution >= 0.6 is 23.2 Å². The van der Waals surface area contributed by atoms with Crippen LogP contribution in [0.15, 0.2) is 54.2 Å². The third-order valence-electron chi connectivity index (χ3n) is 4.38. The van der Waals surface area contributed by atoms with E-state index in [0.717, 1.165) is 5.69 Å². The number of nitrogens with zero attached hydrogens (tertiary/aromatic N) is 3. The SMILES string of the molecule is N#C/C(=C/N1CCN(c2ccc(F)cc2)CC1)C(=O)Nc1cccc(Cl)c1Cl. The Labute approximate surface area is 172 Å². The number of carbonyl (C=O) groups excluding carboxylic acids is 1. The highest BCUT2D eigenvalue weighted by molar-refractivity contribution is 6.44. The van der Waals surface area contributed by atoms with Crippen molar-refractivity contribution in [3.05, 3.63) is 70.1 Å². The average molecular weight is 419 g/mol. The van der Waals surface area contributed by atoms with Gasteiger partial charge in [-0.2, -0.15) is 5.26 Å². The summed E-state index contributed by atoms with van der Waals surface area (Å²) in [6.45, 7) is 2.66. The third kappa shape index (κ3) is 4.75. The largest absolute Gasteiger partial charge is 0.373 e. The van der Waals surface area contributed by atoms with Crippen LogP contribution in [0.3, 0.4) is 0 Å². The van der Waals surface area contributed by atoms with Crippen molar-refractivity contribution in [1.82, 2.24) is 4.90 Å². The Morgan fingerprint density at radius 1 is 1.11 bits per heavy atom. The van der Waals surface area contributed by atoms with Gasteiger partial charge in [0, 0.05) is 38.1 Å². The first kappa shape index (κ1) is 20.0. The zero-order valence-corrected chi connectivity index (χ0v) is 16.3. The number of hydrogen-bond acceptors (Lipinski definition) is 4. The van der Waals surface area contributed by atoms with Crippen LogP contribution in [-0.2, 0) is 4.79 Å². The van der Waals surface area contributed by atoms with E-state index in [4.69, 9.17) is 23.2 Å². The second-order valence-electron chi connectivity index (χ2n) is 6.21. The van der Waals surface area contributed by atoms with Crippen molar-refractivity contribution in [2.75, 3.05) is 36.4 Å². The third-order valence-corrected chi connectivity index (χ3v) is 5.20. The van der Waals surface area contributed by atoms with E-state index in [1.807, 2.05) is 11.0 Å². The summed E-state index contributed by atoms with van der Waals surface area (Å²) in [5.41, 5.74) is 1.27. The summed E-state index contributed by atoms with van der Waals surface area (Å²) in [5.74, 6) is -0.817. The van der Waals surface area contributed by atoms with Gasteiger partial charge in [-0.25, -0.2) is 4.39 Å². The van der Waals surface area contributed by atoms with E-state index >= 15 is 0 Å². The maximum absolute atomic E-state index is 13.1. The second kappa shape index (κ2) is 8.96. The molecule has 8 heteroatoms. The molecule has 1 saturated heterocycles. The molecule has 0 aliphatic carbocycles. The molecule has 0 unspecified atom stereocenters. The van der Waals surface area contributed by atoms with Crippen molar-refractivity contribution in [2.45, 2.75) is 0 Å². The summed E-state index contributed by atoms with van der Waals surface area (Å²) in [5, 5.41) is 12.5. The van der Waals surface area contributed by atoms with Crippen LogP contribution in [0.2, 0.25) is 10.0 Å². The van der Waals surface area contributed by atoms with Gasteiger partial charge in [0.05, 0.1) is 15.7 Å². The molecule has 1 fully saturated rings. The van der Waals surface area contributed by atoms with Gasteiger partial charge in [0.1, 0.15) is 17.5 Å². The fourth-order valence-corrected chi connectivity index (χ4v) is 3.22. The molecule has 0 aromatic heterocycles. The van der Waals surface area contributed by atoms with E-state index in [1.54, 1.807) is 36.5 Å². The minimum absolute atomic E-state index is 0.0220. The molecule has 3 rings (SSSR count). The number of rotatable bonds is 4. The number of halogens is 3. The Bertz CT molecular complexity index is 932. The van der Waals surface area contributed by atoms with E-state index < -0.39 is 5.91 Å². The predicted molar refractivity (Wildman–Crippen MR) is 109 cm³/mol. The fraction of sp³-hybridized carbons (Fsp3) is 0.200. The summed E-state index contributed by atoms with van der Waals surface area (Å²) in [6.07, 6.45) is 1.55. The maximum atomic E-state index is 13.1. The highest BCUT2D eigenvalue weighted by atomic mass is 35.5. The van der Waals surface area contributed by atoms with Gasteiger partial charge in [0.2, 0.25) is 0 Å². The van der Waals surface area contributed by atoms with Crippen LogP contribution in [0.1, 0.15) is 0 Å². The number of amides is 1. The molecule has 0 radical (unpaired) electrons. The number of carbonyl (C=O) groups is 1. The lowest BCUT2D eigenvalue weighted by Crippen LogP contribution is -2.44. The molecule has 1 heterocycles. The van der Waals surface area contributed by atoms with Gasteiger partial charge >= 0.3 is 0 Å². The molecule has 0 bridgehead atoms. The Kier molecular flexibility index (Phi) is 6.40. The molecular weight excluding hydrogens is 402 g/mol. The van der Waals surface area contributed by atoms with Gasteiger partial charge in [-0.1, -0.05) is 29.3 Å². The summed E-state index contributed by atoms with van der Waals surface area (Å²) in [6, 6.07) is 13.2. The molecule has 0 spiro atoms. The summed E-state index contributed by atoms with van der Waals surface area (Å²) in [7, 11) is 0. The van der Waals surface area contributed by atoms with E-state index in [2.05, 4.69) is 10.2 Å². The van der Waals surface area contributed by atoms with Crippen LogP contribution < -0.4 is 10.2 Å². The molecule has 2 aromatic carbocycles. The Hall–Kier alpha value is -2.75. The number of benzene rings is 2. The van der Waals surface area contributed by atoms with Crippen molar-refractivity contribution < 1.29 is 9.18 Å². The quantitative estimate of drug-likeness (QED) is 0.593. The van der Waals surface area contributed by atoms with Gasteiger partial charge in [0.15, 0.2) is 0 Å². The second-order valence-corrected chi connectivity index (χ2v) is 6.99. The lowest BCUT2D eigenvalue weighted by Gasteiger charge is -2.35. The first-order valence-electron chi connectivity index (χ1n) is 8.60. The minimum Gasteiger partial charge on any atom is -0.373 e. The Morgan fingerprint density at radius 3 is 2.43 bits per heavy atom. The van der Waals surface area contributed by atoms with Crippen LogP contribution in [0, 0.1) is 17.1 Å². The highest BCUT2D eigenvalue weighted by Crippen LogP contribution is 2.29. The molecule has 1 aliphatic heterocycles. The number of piperazine rings is 1. The fourth-order valence-electron chi connectivity index (χ4n) is 2.87. The molecule has 1 aliphatic rings. The monoisotopic (exact) mass is 418 g/mol. The standard InChI is InChI=1S/C20H17Cl2FN4O/c21-17-2-1-3-18(19(17)22)25-20(28)14(12-24)13-26-8-10-27(11-9-26)16-6-4-15(23)5-7-16/h1-7,13H,8-11H2,(H,25,28)/b14-13-. The van der Waals surface area contributed by atoms with E-state index in [1.165, 1.54) is 12.1 Å². The van der Waals surface area contributed by atoms with Gasteiger partial charge in [-0.05, 0) is 36.4 Å². The molecule has 28 heavy (non-hydrogen) atoms. The Morgan fingerprint density at radius 2 is 1.79 bits per heavy atom. The normalized spacial score (nSPS) is 14.6. The summed E-state index contributed by atoms with van der Waals surface area (Å²) < 4.78 is 13.1. The lowest BCUT2D eigenvalue weighted by atomic mass is 10.2. The van der Waals surface area contributed by atoms with Crippen LogP contribution in [-0.4, -0.2) is 37.0 Å². The van der Waals surface area contributed by atoms with Crippen molar-refractivity contribution in [1.29, 1.82) is 5.26 Å². The first-order chi connectivity index (χ1) is 13.5. The van der Waals surface area contributed by atoms with Crippen LogP contribution in [0.5, 0.6) is 0 Å². The molecule has 1 N–H and O–H groups in total. The zero-order chi connectivity index (χ0) is 20.1. The minimum atomic E-state index is -0.548. The maximum Gasteiger partial charge on any atom is 0.267 e. The highest BCUT2D eigenvalue weighted by Gasteiger charge is 2.18. The van der Waals surface area contributed by atoms with Crippen molar-refractivity contribution >= 4 is 40.5 Å². The summed E-state index contributed by atoms with van der Waals surface area (Å²) in [4.78, 5) is 16.5. The van der Waals surface area contributed by atoms with Gasteiger partial charge in [0.25, 0.3) is 5.91 Å². The molecule has 0 saturated carbocycles. The van der Waals surface area contributed by atoms with Gasteiger partial charge in [-0.3, -0.25) is 4.79 Å². The molecule has 5 nitrogen and oxygen atoms in total. The van der Waals surface area contributed by atoms with Crippen molar-refractivity contribution in [3.63, 3.8) is 0 Å². The lowest BCUT2D eigenvalue weighted by molar-refractivity contribution is -0.112. The van der Waals surface area contributed by atoms with Crippen molar-refractivity contribution in [3.8, 4) is 6.07 Å². The number of anilines is 2. The number of nitrogens with one attached hydrogen (secondary N) is 1. The molecule has 1 amide bonds. The Balaban J connectivity index is 1.63. The van der Waals surface area contributed by atoms with Crippen LogP contribution in [0.4, 0.5) is 15.8 Å². The van der Waals surface area contributed by atoms with Crippen molar-refractivity contribution in [2.24, 2.45) is 0 Å². The van der Waals surface area contributed by atoms with Crippen LogP contribution in [0.25, 0.3) is 0 Å².